The molecule has 3 aromatic rings. The van der Waals surface area contributed by atoms with Crippen molar-refractivity contribution in [2.45, 2.75) is 50.7 Å². The number of methoxy groups -OCH3 is 1. The largest absolute Gasteiger partial charge is 0.496 e. The Balaban J connectivity index is 1.46. The van der Waals surface area contributed by atoms with Gasteiger partial charge in [-0.2, -0.15) is 0 Å². The Morgan fingerprint density at radius 1 is 1.23 bits per heavy atom. The van der Waals surface area contributed by atoms with Gasteiger partial charge in [0.1, 0.15) is 11.3 Å². The molecule has 1 spiro atoms. The van der Waals surface area contributed by atoms with Crippen LogP contribution < -0.4 is 20.7 Å². The molecule has 0 bridgehead atoms. The Bertz CT molecular complexity index is 1140. The summed E-state index contributed by atoms with van der Waals surface area (Å²) >= 11 is 6.56. The molecule has 0 saturated heterocycles. The molecular formula is C23H25ClN4O3. The Kier molecular flexibility index (Phi) is 5.24. The molecule has 1 aliphatic heterocycles. The van der Waals surface area contributed by atoms with Gasteiger partial charge in [-0.25, -0.2) is 9.78 Å². The number of carbonyl (C=O) groups is 1. The molecular weight excluding hydrogens is 416 g/mol. The van der Waals surface area contributed by atoms with E-state index >= 15 is 0 Å². The first-order chi connectivity index (χ1) is 15.1. The van der Waals surface area contributed by atoms with E-state index < -0.39 is 5.54 Å². The third-order valence-corrected chi connectivity index (χ3v) is 6.54. The normalized spacial score (nSPS) is 17.3. The van der Waals surface area contributed by atoms with Gasteiger partial charge < -0.3 is 25.1 Å². The van der Waals surface area contributed by atoms with Crippen molar-refractivity contribution in [3.63, 3.8) is 0 Å². The zero-order valence-corrected chi connectivity index (χ0v) is 18.1. The van der Waals surface area contributed by atoms with E-state index in [1.54, 1.807) is 13.2 Å². The zero-order valence-electron chi connectivity index (χ0n) is 17.4. The second kappa shape index (κ2) is 8.05. The molecule has 2 aliphatic rings. The maximum absolute atomic E-state index is 12.4. The van der Waals surface area contributed by atoms with Crippen molar-refractivity contribution in [3.05, 3.63) is 52.4 Å². The van der Waals surface area contributed by atoms with E-state index in [4.69, 9.17) is 20.8 Å². The number of rotatable bonds is 5. The lowest BCUT2D eigenvalue weighted by Gasteiger charge is -2.42. The van der Waals surface area contributed by atoms with E-state index in [-0.39, 0.29) is 6.03 Å². The second-order valence-electron chi connectivity index (χ2n) is 8.20. The average molecular weight is 441 g/mol. The first-order valence-electron chi connectivity index (χ1n) is 10.6. The maximum atomic E-state index is 12.4. The van der Waals surface area contributed by atoms with Gasteiger partial charge in [-0.3, -0.25) is 0 Å². The standard InChI is InChI=1S/C23H25ClN4O3/c1-30-17-8-4-3-7-14(17)12-25-13-18-26-16-11-15(24)20-19(21(16)31-18)23(28-22(29)27-20)9-5-2-6-10-23/h3-4,7-8,11,25H,2,5-6,9-10,12-13H2,1H3,(H2,27,28,29). The third kappa shape index (κ3) is 3.62. The third-order valence-electron chi connectivity index (χ3n) is 6.24. The highest BCUT2D eigenvalue weighted by Crippen LogP contribution is 2.48. The number of aromatic nitrogens is 1. The minimum absolute atomic E-state index is 0.214. The van der Waals surface area contributed by atoms with Crippen LogP contribution in [0, 0.1) is 0 Å². The predicted molar refractivity (Wildman–Crippen MR) is 119 cm³/mol. The summed E-state index contributed by atoms with van der Waals surface area (Å²) in [7, 11) is 1.67. The number of oxazole rings is 1. The number of benzene rings is 2. The topological polar surface area (TPSA) is 88.4 Å². The monoisotopic (exact) mass is 440 g/mol. The van der Waals surface area contributed by atoms with Gasteiger partial charge in [-0.15, -0.1) is 0 Å². The fraction of sp³-hybridized carbons (Fsp3) is 0.391. The van der Waals surface area contributed by atoms with Crippen molar-refractivity contribution in [2.75, 3.05) is 12.4 Å². The molecule has 0 atom stereocenters. The lowest BCUT2D eigenvalue weighted by molar-refractivity contribution is 0.209. The molecule has 31 heavy (non-hydrogen) atoms. The smallest absolute Gasteiger partial charge is 0.319 e. The molecule has 5 rings (SSSR count). The molecule has 1 saturated carbocycles. The number of nitrogens with zero attached hydrogens (tertiary/aromatic N) is 1. The fourth-order valence-electron chi connectivity index (χ4n) is 4.84. The minimum Gasteiger partial charge on any atom is -0.496 e. The highest BCUT2D eigenvalue weighted by atomic mass is 35.5. The summed E-state index contributed by atoms with van der Waals surface area (Å²) < 4.78 is 11.6. The van der Waals surface area contributed by atoms with Crippen LogP contribution in [0.3, 0.4) is 0 Å². The van der Waals surface area contributed by atoms with Crippen LogP contribution in [-0.2, 0) is 18.6 Å². The highest BCUT2D eigenvalue weighted by Gasteiger charge is 2.44. The van der Waals surface area contributed by atoms with Crippen LogP contribution >= 0.6 is 11.6 Å². The molecule has 1 fully saturated rings. The molecule has 3 N–H and O–H groups in total. The maximum Gasteiger partial charge on any atom is 0.319 e. The Labute approximate surface area is 185 Å². The molecule has 0 radical (unpaired) electrons. The Morgan fingerprint density at radius 2 is 2.03 bits per heavy atom. The van der Waals surface area contributed by atoms with Crippen molar-refractivity contribution in [1.29, 1.82) is 0 Å². The molecule has 2 aromatic carbocycles. The van der Waals surface area contributed by atoms with Gasteiger partial charge in [0, 0.05) is 17.7 Å². The van der Waals surface area contributed by atoms with Crippen molar-refractivity contribution in [1.82, 2.24) is 15.6 Å². The van der Waals surface area contributed by atoms with Crippen LogP contribution in [0.15, 0.2) is 34.7 Å². The quantitative estimate of drug-likeness (QED) is 0.515. The summed E-state index contributed by atoms with van der Waals surface area (Å²) in [6.45, 7) is 1.09. The summed E-state index contributed by atoms with van der Waals surface area (Å²) in [5, 5.41) is 9.91. The summed E-state index contributed by atoms with van der Waals surface area (Å²) in [5.41, 5.74) is 3.58. The average Bonchev–Trinajstić information content (AvgIpc) is 3.16. The van der Waals surface area contributed by atoms with Crippen molar-refractivity contribution >= 4 is 34.4 Å². The number of halogens is 1. The van der Waals surface area contributed by atoms with Gasteiger partial charge in [0.2, 0.25) is 5.89 Å². The molecule has 1 aliphatic carbocycles. The Hall–Kier alpha value is -2.77. The number of amides is 2. The number of carbonyl (C=O) groups excluding carboxylic acids is 1. The SMILES string of the molecule is COc1ccccc1CNCc1nc2cc(Cl)c3c(c2o1)C1(CCCCC1)NC(=O)N3. The van der Waals surface area contributed by atoms with Crippen LogP contribution in [0.4, 0.5) is 10.5 Å². The van der Waals surface area contributed by atoms with Gasteiger partial charge in [0.25, 0.3) is 0 Å². The van der Waals surface area contributed by atoms with Gasteiger partial charge in [0.05, 0.1) is 29.9 Å². The van der Waals surface area contributed by atoms with E-state index in [1.807, 2.05) is 24.3 Å². The summed E-state index contributed by atoms with van der Waals surface area (Å²) in [4.78, 5) is 17.0. The van der Waals surface area contributed by atoms with Crippen LogP contribution in [-0.4, -0.2) is 18.1 Å². The lowest BCUT2D eigenvalue weighted by atomic mass is 9.74. The van der Waals surface area contributed by atoms with Crippen LogP contribution in [0.1, 0.15) is 49.1 Å². The summed E-state index contributed by atoms with van der Waals surface area (Å²) in [6.07, 6.45) is 5.00. The van der Waals surface area contributed by atoms with E-state index in [9.17, 15) is 4.79 Å². The zero-order chi connectivity index (χ0) is 21.4. The molecule has 1 aromatic heterocycles. The Morgan fingerprint density at radius 3 is 2.84 bits per heavy atom. The first kappa shape index (κ1) is 20.2. The number of nitrogens with one attached hydrogen (secondary N) is 3. The molecule has 0 unspecified atom stereocenters. The number of urea groups is 1. The van der Waals surface area contributed by atoms with Crippen molar-refractivity contribution in [3.8, 4) is 5.75 Å². The number of hydrogen-bond donors (Lipinski definition) is 3. The van der Waals surface area contributed by atoms with Gasteiger partial charge in [0.15, 0.2) is 5.58 Å². The summed E-state index contributed by atoms with van der Waals surface area (Å²) in [6, 6.07) is 9.45. The highest BCUT2D eigenvalue weighted by molar-refractivity contribution is 6.35. The van der Waals surface area contributed by atoms with Gasteiger partial charge >= 0.3 is 6.03 Å². The molecule has 2 heterocycles. The van der Waals surface area contributed by atoms with Gasteiger partial charge in [-0.1, -0.05) is 49.1 Å². The van der Waals surface area contributed by atoms with Crippen molar-refractivity contribution in [2.24, 2.45) is 0 Å². The van der Waals surface area contributed by atoms with E-state index in [1.165, 1.54) is 6.42 Å². The number of ether oxygens (including phenoxy) is 1. The predicted octanol–water partition coefficient (Wildman–Crippen LogP) is 5.07. The molecule has 2 amide bonds. The first-order valence-corrected chi connectivity index (χ1v) is 11.0. The minimum atomic E-state index is -0.458. The van der Waals surface area contributed by atoms with Crippen LogP contribution in [0.2, 0.25) is 5.02 Å². The fourth-order valence-corrected chi connectivity index (χ4v) is 5.09. The number of hydrogen-bond acceptors (Lipinski definition) is 5. The molecule has 162 valence electrons. The number of para-hydroxylation sites is 1. The van der Waals surface area contributed by atoms with E-state index in [0.717, 1.165) is 42.6 Å². The number of anilines is 1. The van der Waals surface area contributed by atoms with Crippen LogP contribution in [0.25, 0.3) is 11.1 Å². The second-order valence-corrected chi connectivity index (χ2v) is 8.61. The van der Waals surface area contributed by atoms with Gasteiger partial charge in [-0.05, 0) is 25.0 Å². The molecule has 7 nitrogen and oxygen atoms in total. The van der Waals surface area contributed by atoms with E-state index in [2.05, 4.69) is 20.9 Å². The molecule has 8 heteroatoms. The van der Waals surface area contributed by atoms with Crippen LogP contribution in [0.5, 0.6) is 5.75 Å². The number of fused-ring (bicyclic) bond motifs is 4. The van der Waals surface area contributed by atoms with E-state index in [0.29, 0.717) is 40.8 Å². The van der Waals surface area contributed by atoms with Crippen molar-refractivity contribution < 1.29 is 13.9 Å². The summed E-state index contributed by atoms with van der Waals surface area (Å²) in [5.74, 6) is 1.42. The lowest BCUT2D eigenvalue weighted by Crippen LogP contribution is -2.52.